The van der Waals surface area contributed by atoms with Gasteiger partial charge in [-0.05, 0) is 79.1 Å². The van der Waals surface area contributed by atoms with Crippen molar-refractivity contribution < 1.29 is 4.39 Å². The van der Waals surface area contributed by atoms with Crippen LogP contribution in [-0.4, -0.2) is 53.5 Å². The molecule has 6 aromatic rings. The van der Waals surface area contributed by atoms with Crippen LogP contribution in [0.15, 0.2) is 91.4 Å². The lowest BCUT2D eigenvalue weighted by atomic mass is 10.0. The summed E-state index contributed by atoms with van der Waals surface area (Å²) in [7, 11) is 0. The van der Waals surface area contributed by atoms with Crippen LogP contribution in [0.5, 0.6) is 0 Å². The number of nitrogens with two attached hydrogens (primary N) is 1. The summed E-state index contributed by atoms with van der Waals surface area (Å²) >= 11 is 0. The van der Waals surface area contributed by atoms with Gasteiger partial charge in [0.25, 0.3) is 0 Å². The number of hydrogen-bond donors (Lipinski definition) is 2. The Balaban J connectivity index is 1.13. The first-order chi connectivity index (χ1) is 22.0. The molecule has 4 aromatic heterocycles. The second-order valence-corrected chi connectivity index (χ2v) is 11.0. The summed E-state index contributed by atoms with van der Waals surface area (Å²) in [5, 5.41) is 13.4. The van der Waals surface area contributed by atoms with Crippen molar-refractivity contribution in [1.29, 1.82) is 5.26 Å². The number of nitrogens with one attached hydrogen (secondary N) is 1. The highest BCUT2D eigenvalue weighted by atomic mass is 19.1. The number of aromatic nitrogens is 6. The molecule has 1 aliphatic rings. The number of halogens is 1. The maximum absolute atomic E-state index is 13.6. The topological polar surface area (TPSA) is 134 Å². The van der Waals surface area contributed by atoms with Crippen molar-refractivity contribution in [2.45, 2.75) is 25.4 Å². The third-order valence-electron chi connectivity index (χ3n) is 8.05. The van der Waals surface area contributed by atoms with E-state index >= 15 is 0 Å². The van der Waals surface area contributed by atoms with E-state index in [1.165, 1.54) is 17.7 Å². The van der Waals surface area contributed by atoms with E-state index < -0.39 is 0 Å². The van der Waals surface area contributed by atoms with E-state index in [9.17, 15) is 4.39 Å². The van der Waals surface area contributed by atoms with E-state index in [4.69, 9.17) is 16.0 Å². The van der Waals surface area contributed by atoms with Crippen LogP contribution in [0, 0.1) is 17.1 Å². The van der Waals surface area contributed by atoms with Gasteiger partial charge < -0.3 is 11.1 Å². The Labute approximate surface area is 259 Å². The molecule has 0 spiro atoms. The number of nitrogen functional groups attached to an aromatic ring is 1. The fourth-order valence-corrected chi connectivity index (χ4v) is 5.77. The van der Waals surface area contributed by atoms with Crippen molar-refractivity contribution in [3.05, 3.63) is 109 Å². The zero-order valence-electron chi connectivity index (χ0n) is 24.3. The summed E-state index contributed by atoms with van der Waals surface area (Å²) in [4.78, 5) is 24.4. The van der Waals surface area contributed by atoms with Gasteiger partial charge in [-0.2, -0.15) is 5.26 Å². The Morgan fingerprint density at radius 3 is 2.49 bits per heavy atom. The number of hydrogen-bond acceptors (Lipinski definition) is 9. The molecule has 10 nitrogen and oxygen atoms in total. The number of rotatable bonds is 7. The van der Waals surface area contributed by atoms with Crippen molar-refractivity contribution >= 4 is 22.7 Å². The molecule has 7 rings (SSSR count). The van der Waals surface area contributed by atoms with Crippen LogP contribution < -0.4 is 11.1 Å². The molecule has 0 unspecified atom stereocenters. The molecule has 0 aliphatic carbocycles. The summed E-state index contributed by atoms with van der Waals surface area (Å²) in [5.74, 6) is 1.48. The molecular weight excluding hydrogens is 567 g/mol. The Hall–Kier alpha value is -5.73. The summed E-state index contributed by atoms with van der Waals surface area (Å²) < 4.78 is 15.7. The minimum absolute atomic E-state index is 0.172. The molecule has 0 atom stereocenters. The Morgan fingerprint density at radius 1 is 0.933 bits per heavy atom. The molecule has 11 heteroatoms. The summed E-state index contributed by atoms with van der Waals surface area (Å²) in [6.45, 7) is 2.74. The zero-order valence-corrected chi connectivity index (χ0v) is 24.3. The van der Waals surface area contributed by atoms with E-state index in [-0.39, 0.29) is 11.6 Å². The van der Waals surface area contributed by atoms with Gasteiger partial charge in [-0.15, -0.1) is 0 Å². The van der Waals surface area contributed by atoms with Crippen LogP contribution >= 0.6 is 0 Å². The molecule has 1 saturated heterocycles. The first kappa shape index (κ1) is 28.1. The van der Waals surface area contributed by atoms with Crippen molar-refractivity contribution in [2.24, 2.45) is 0 Å². The van der Waals surface area contributed by atoms with Crippen LogP contribution in [-0.2, 0) is 6.54 Å². The fraction of sp³-hybridized carbons (Fsp3) is 0.176. The number of anilines is 2. The first-order valence-corrected chi connectivity index (χ1v) is 14.7. The van der Waals surface area contributed by atoms with Gasteiger partial charge in [0.2, 0.25) is 5.82 Å². The highest BCUT2D eigenvalue weighted by Crippen LogP contribution is 2.34. The van der Waals surface area contributed by atoms with Crippen molar-refractivity contribution in [3.63, 3.8) is 0 Å². The Morgan fingerprint density at radius 2 is 1.73 bits per heavy atom. The first-order valence-electron chi connectivity index (χ1n) is 14.7. The molecule has 0 saturated carbocycles. The van der Waals surface area contributed by atoms with Crippen molar-refractivity contribution in [1.82, 2.24) is 34.4 Å². The lowest BCUT2D eigenvalue weighted by Crippen LogP contribution is -2.38. The molecule has 222 valence electrons. The quantitative estimate of drug-likeness (QED) is 0.241. The molecule has 5 heterocycles. The Bertz CT molecular complexity index is 2010. The van der Waals surface area contributed by atoms with E-state index in [2.05, 4.69) is 59.0 Å². The van der Waals surface area contributed by atoms with Crippen LogP contribution in [0.4, 0.5) is 16.0 Å². The molecule has 45 heavy (non-hydrogen) atoms. The fourth-order valence-electron chi connectivity index (χ4n) is 5.77. The second-order valence-electron chi connectivity index (χ2n) is 11.0. The average molecular weight is 597 g/mol. The van der Waals surface area contributed by atoms with Gasteiger partial charge in [0.15, 0.2) is 5.82 Å². The van der Waals surface area contributed by atoms with Gasteiger partial charge in [0.1, 0.15) is 29.2 Å². The predicted molar refractivity (Wildman–Crippen MR) is 171 cm³/mol. The van der Waals surface area contributed by atoms with Crippen LogP contribution in [0.3, 0.4) is 0 Å². The van der Waals surface area contributed by atoms with Gasteiger partial charge in [-0.3, -0.25) is 9.47 Å². The summed E-state index contributed by atoms with van der Waals surface area (Å²) in [6, 6.07) is 24.6. The van der Waals surface area contributed by atoms with Gasteiger partial charge in [0.05, 0.1) is 5.69 Å². The molecule has 1 aliphatic heterocycles. The third-order valence-corrected chi connectivity index (χ3v) is 8.05. The minimum atomic E-state index is -0.309. The number of nitrogens with zero attached hydrogens (tertiary/aromatic N) is 8. The second kappa shape index (κ2) is 12.1. The number of likely N-dealkylation sites (tertiary alicyclic amines) is 1. The van der Waals surface area contributed by atoms with Crippen molar-refractivity contribution in [3.8, 4) is 34.4 Å². The van der Waals surface area contributed by atoms with Gasteiger partial charge in [-0.1, -0.05) is 12.1 Å². The zero-order chi connectivity index (χ0) is 30.8. The van der Waals surface area contributed by atoms with Gasteiger partial charge in [-0.25, -0.2) is 29.3 Å². The van der Waals surface area contributed by atoms with E-state index in [1.807, 2.05) is 24.3 Å². The largest absolute Gasteiger partial charge is 0.383 e. The van der Waals surface area contributed by atoms with Crippen LogP contribution in [0.25, 0.3) is 39.4 Å². The van der Waals surface area contributed by atoms with E-state index in [0.29, 0.717) is 23.5 Å². The minimum Gasteiger partial charge on any atom is -0.383 e. The number of nitriles is 1. The molecule has 3 N–H and O–H groups in total. The van der Waals surface area contributed by atoms with E-state index in [0.717, 1.165) is 66.0 Å². The van der Waals surface area contributed by atoms with Gasteiger partial charge >= 0.3 is 0 Å². The SMILES string of the molecule is N#Cc1nccc(NC2CCN(Cc3ccc(-n4c(-c5cccnc5N)cc5cnc(-c6ccc(F)cc6)nc54)cc3)CC2)n1. The maximum atomic E-state index is 13.6. The van der Waals surface area contributed by atoms with Crippen LogP contribution in [0.1, 0.15) is 24.2 Å². The number of piperidine rings is 1. The monoisotopic (exact) mass is 596 g/mol. The summed E-state index contributed by atoms with van der Waals surface area (Å²) in [5.41, 5.74) is 11.6. The Kier molecular flexibility index (Phi) is 7.55. The highest BCUT2D eigenvalue weighted by molar-refractivity contribution is 5.89. The molecule has 2 aromatic carbocycles. The summed E-state index contributed by atoms with van der Waals surface area (Å²) in [6.07, 6.45) is 7.02. The third kappa shape index (κ3) is 5.91. The number of fused-ring (bicyclic) bond motifs is 1. The maximum Gasteiger partial charge on any atom is 0.234 e. The average Bonchev–Trinajstić information content (AvgIpc) is 3.45. The van der Waals surface area contributed by atoms with E-state index in [1.54, 1.807) is 36.8 Å². The molecular formula is C34H29FN10. The standard InChI is InChI=1S/C34H29FN10/c35-25-7-5-23(6-8-25)33-40-20-24-18-29(28-2-1-14-39-32(28)37)45(34(24)43-33)27-9-3-22(4-10-27)21-44-16-12-26(13-17-44)41-30-11-15-38-31(19-36)42-30/h1-11,14-15,18,20,26H,12-13,16-17,21H2,(H2,37,39)(H,38,41,42). The van der Waals surface area contributed by atoms with Crippen LogP contribution in [0.2, 0.25) is 0 Å². The molecule has 1 fully saturated rings. The molecule has 0 bridgehead atoms. The van der Waals surface area contributed by atoms with Crippen molar-refractivity contribution in [2.75, 3.05) is 24.1 Å². The normalized spacial score (nSPS) is 14.0. The molecule has 0 amide bonds. The predicted octanol–water partition coefficient (Wildman–Crippen LogP) is 5.61. The number of benzene rings is 2. The number of pyridine rings is 1. The lowest BCUT2D eigenvalue weighted by molar-refractivity contribution is 0.211. The van der Waals surface area contributed by atoms with Gasteiger partial charge in [0, 0.05) is 66.5 Å². The molecule has 0 radical (unpaired) electrons. The highest BCUT2D eigenvalue weighted by Gasteiger charge is 2.21. The smallest absolute Gasteiger partial charge is 0.234 e. The lowest BCUT2D eigenvalue weighted by Gasteiger charge is -2.32.